The summed E-state index contributed by atoms with van der Waals surface area (Å²) in [7, 11) is 0. The summed E-state index contributed by atoms with van der Waals surface area (Å²) in [5.74, 6) is -0.109. The summed E-state index contributed by atoms with van der Waals surface area (Å²) in [6.45, 7) is 0. The van der Waals surface area contributed by atoms with Gasteiger partial charge in [-0.1, -0.05) is 11.6 Å². The third-order valence-corrected chi connectivity index (χ3v) is 4.37. The van der Waals surface area contributed by atoms with E-state index in [2.05, 4.69) is 25.4 Å². The van der Waals surface area contributed by atoms with Crippen molar-refractivity contribution in [2.45, 2.75) is 6.18 Å². The molecule has 0 fully saturated rings. The zero-order valence-electron chi connectivity index (χ0n) is 14.2. The summed E-state index contributed by atoms with van der Waals surface area (Å²) in [5.41, 5.74) is -0.210. The predicted octanol–water partition coefficient (Wildman–Crippen LogP) is 3.21. The fourth-order valence-electron chi connectivity index (χ4n) is 2.63. The zero-order chi connectivity index (χ0) is 20.8. The first-order valence-electron chi connectivity index (χ1n) is 8.03. The lowest BCUT2D eigenvalue weighted by atomic mass is 10.2. The molecule has 8 nitrogen and oxygen atoms in total. The Bertz CT molecular complexity index is 1320. The van der Waals surface area contributed by atoms with Gasteiger partial charge in [0.2, 0.25) is 0 Å². The Labute approximate surface area is 164 Å². The van der Waals surface area contributed by atoms with Crippen molar-refractivity contribution in [1.82, 2.24) is 24.7 Å². The third kappa shape index (κ3) is 3.59. The Morgan fingerprint density at radius 3 is 2.48 bits per heavy atom. The number of imidazole rings is 1. The van der Waals surface area contributed by atoms with Crippen LogP contribution in [-0.4, -0.2) is 24.7 Å². The highest BCUT2D eigenvalue weighted by atomic mass is 35.5. The van der Waals surface area contributed by atoms with Crippen LogP contribution < -0.4 is 16.6 Å². The molecule has 0 saturated carbocycles. The lowest BCUT2D eigenvalue weighted by molar-refractivity contribution is -0.137. The van der Waals surface area contributed by atoms with Gasteiger partial charge in [-0.15, -0.1) is 0 Å². The van der Waals surface area contributed by atoms with Crippen LogP contribution in [0.3, 0.4) is 0 Å². The third-order valence-electron chi connectivity index (χ3n) is 4.01. The average Bonchev–Trinajstić information content (AvgIpc) is 3.04. The van der Waals surface area contributed by atoms with Crippen molar-refractivity contribution in [3.8, 4) is 5.82 Å². The van der Waals surface area contributed by atoms with Crippen LogP contribution in [0.25, 0.3) is 16.9 Å². The number of hydrogen-bond donors (Lipinski definition) is 3. The molecule has 0 atom stereocenters. The van der Waals surface area contributed by atoms with Gasteiger partial charge in [0.1, 0.15) is 5.02 Å². The highest BCUT2D eigenvalue weighted by Gasteiger charge is 2.30. The molecule has 0 radical (unpaired) electrons. The highest BCUT2D eigenvalue weighted by Crippen LogP contribution is 2.29. The Balaban J connectivity index is 1.66. The first kappa shape index (κ1) is 18.7. The van der Waals surface area contributed by atoms with Crippen molar-refractivity contribution in [3.05, 3.63) is 74.1 Å². The van der Waals surface area contributed by atoms with Crippen LogP contribution in [0.15, 0.2) is 52.3 Å². The van der Waals surface area contributed by atoms with Gasteiger partial charge in [-0.05, 0) is 30.3 Å². The van der Waals surface area contributed by atoms with Crippen molar-refractivity contribution < 1.29 is 13.2 Å². The predicted molar refractivity (Wildman–Crippen MR) is 99.8 cm³/mol. The number of H-pyrrole nitrogens is 2. The number of hydrogen-bond acceptors (Lipinski definition) is 5. The van der Waals surface area contributed by atoms with Gasteiger partial charge in [-0.2, -0.15) is 23.0 Å². The smallest absolute Gasteiger partial charge is 0.353 e. The van der Waals surface area contributed by atoms with Gasteiger partial charge in [0, 0.05) is 11.9 Å². The fraction of sp³-hybridized carbons (Fsp3) is 0.0588. The number of aromatic amines is 2. The van der Waals surface area contributed by atoms with Gasteiger partial charge < -0.3 is 15.3 Å². The summed E-state index contributed by atoms with van der Waals surface area (Å²) in [6.07, 6.45) is -2.69. The maximum Gasteiger partial charge on any atom is 0.417 e. The minimum atomic E-state index is -4.54. The molecule has 1 aromatic carbocycles. The molecular formula is C17H10ClF3N6O2. The lowest BCUT2D eigenvalue weighted by Gasteiger charge is -2.11. The first-order valence-corrected chi connectivity index (χ1v) is 8.41. The number of alkyl halides is 3. The molecule has 4 aromatic rings. The Morgan fingerprint density at radius 2 is 1.79 bits per heavy atom. The van der Waals surface area contributed by atoms with Gasteiger partial charge in [0.25, 0.3) is 5.56 Å². The number of fused-ring (bicyclic) bond motifs is 1. The molecule has 0 amide bonds. The number of benzene rings is 1. The average molecular weight is 423 g/mol. The van der Waals surface area contributed by atoms with E-state index in [-0.39, 0.29) is 22.2 Å². The van der Waals surface area contributed by atoms with Crippen molar-refractivity contribution in [2.75, 3.05) is 5.32 Å². The van der Waals surface area contributed by atoms with Crippen molar-refractivity contribution in [3.63, 3.8) is 0 Å². The van der Waals surface area contributed by atoms with E-state index < -0.39 is 17.3 Å². The Kier molecular flexibility index (Phi) is 4.38. The number of nitrogens with zero attached hydrogens (tertiary/aromatic N) is 3. The molecule has 0 saturated heterocycles. The van der Waals surface area contributed by atoms with Gasteiger partial charge in [-0.3, -0.25) is 4.79 Å². The Morgan fingerprint density at radius 1 is 1.03 bits per heavy atom. The molecule has 3 aromatic heterocycles. The van der Waals surface area contributed by atoms with Gasteiger partial charge in [0.15, 0.2) is 5.82 Å². The molecule has 3 N–H and O–H groups in total. The lowest BCUT2D eigenvalue weighted by Crippen LogP contribution is -2.23. The number of halogens is 4. The maximum absolute atomic E-state index is 12.6. The standard InChI is InChI=1S/C17H10ClF3N6O2/c18-14-12(24-9-2-3-10-11(5-9)26-16(29)25-10)7-23-27(15(14)28)13-4-1-8(6-22-13)17(19,20)21/h1-7,24H,(H2,25,26,29). The quantitative estimate of drug-likeness (QED) is 0.470. The SMILES string of the molecule is O=c1[nH]c2ccc(Nc3cnn(-c4ccc(C(F)(F)F)cn4)c(=O)c3Cl)cc2[nH]1. The van der Waals surface area contributed by atoms with E-state index in [1.165, 1.54) is 6.20 Å². The second-order valence-electron chi connectivity index (χ2n) is 5.96. The zero-order valence-corrected chi connectivity index (χ0v) is 15.0. The van der Waals surface area contributed by atoms with Crippen LogP contribution in [0.2, 0.25) is 5.02 Å². The van der Waals surface area contributed by atoms with Crippen molar-refractivity contribution in [1.29, 1.82) is 0 Å². The Hall–Kier alpha value is -3.60. The molecule has 148 valence electrons. The van der Waals surface area contributed by atoms with Crippen LogP contribution >= 0.6 is 11.6 Å². The first-order chi connectivity index (χ1) is 13.7. The maximum atomic E-state index is 12.6. The van der Waals surface area contributed by atoms with Crippen LogP contribution in [0.4, 0.5) is 24.5 Å². The van der Waals surface area contributed by atoms with Crippen LogP contribution in [0.5, 0.6) is 0 Å². The highest BCUT2D eigenvalue weighted by molar-refractivity contribution is 6.33. The van der Waals surface area contributed by atoms with E-state index in [9.17, 15) is 22.8 Å². The summed E-state index contributed by atoms with van der Waals surface area (Å²) in [5, 5.41) is 6.59. The van der Waals surface area contributed by atoms with Gasteiger partial charge in [0.05, 0.1) is 28.5 Å². The largest absolute Gasteiger partial charge is 0.417 e. The molecule has 0 spiro atoms. The van der Waals surface area contributed by atoms with E-state index in [1.54, 1.807) is 18.2 Å². The minimum Gasteiger partial charge on any atom is -0.353 e. The van der Waals surface area contributed by atoms with Gasteiger partial charge >= 0.3 is 11.9 Å². The number of pyridine rings is 1. The van der Waals surface area contributed by atoms with E-state index in [1.807, 2.05) is 0 Å². The van der Waals surface area contributed by atoms with E-state index >= 15 is 0 Å². The van der Waals surface area contributed by atoms with Crippen molar-refractivity contribution >= 4 is 34.0 Å². The summed E-state index contributed by atoms with van der Waals surface area (Å²) in [6, 6.07) is 6.77. The fourth-order valence-corrected chi connectivity index (χ4v) is 2.80. The molecule has 4 rings (SSSR count). The van der Waals surface area contributed by atoms with E-state index in [0.29, 0.717) is 22.9 Å². The minimum absolute atomic E-state index is 0.109. The summed E-state index contributed by atoms with van der Waals surface area (Å²) >= 11 is 6.12. The second kappa shape index (κ2) is 6.78. The molecular weight excluding hydrogens is 413 g/mol. The molecule has 29 heavy (non-hydrogen) atoms. The molecule has 3 heterocycles. The van der Waals surface area contributed by atoms with Crippen LogP contribution in [0.1, 0.15) is 5.56 Å². The molecule has 12 heteroatoms. The summed E-state index contributed by atoms with van der Waals surface area (Å²) < 4.78 is 38.7. The summed E-state index contributed by atoms with van der Waals surface area (Å²) in [4.78, 5) is 32.7. The van der Waals surface area contributed by atoms with Crippen molar-refractivity contribution in [2.24, 2.45) is 0 Å². The number of anilines is 2. The van der Waals surface area contributed by atoms with Gasteiger partial charge in [-0.25, -0.2) is 9.78 Å². The topological polar surface area (TPSA) is 108 Å². The molecule has 0 aliphatic rings. The second-order valence-corrected chi connectivity index (χ2v) is 6.33. The van der Waals surface area contributed by atoms with E-state index in [4.69, 9.17) is 11.6 Å². The number of nitrogens with one attached hydrogen (secondary N) is 3. The van der Waals surface area contributed by atoms with Crippen LogP contribution in [0, 0.1) is 0 Å². The molecule has 0 aliphatic heterocycles. The molecule has 0 bridgehead atoms. The van der Waals surface area contributed by atoms with Crippen LogP contribution in [-0.2, 0) is 6.18 Å². The number of rotatable bonds is 3. The normalized spacial score (nSPS) is 11.7. The number of aromatic nitrogens is 5. The molecule has 0 unspecified atom stereocenters. The molecule has 0 aliphatic carbocycles. The monoisotopic (exact) mass is 422 g/mol. The van der Waals surface area contributed by atoms with E-state index in [0.717, 1.165) is 16.8 Å².